The van der Waals surface area contributed by atoms with Crippen LogP contribution < -0.4 is 9.47 Å². The Labute approximate surface area is 169 Å². The van der Waals surface area contributed by atoms with Crippen molar-refractivity contribution in [2.24, 2.45) is 0 Å². The molecule has 0 aromatic heterocycles. The Kier molecular flexibility index (Phi) is 5.95. The van der Waals surface area contributed by atoms with Crippen molar-refractivity contribution in [1.82, 2.24) is 4.90 Å². The number of amides is 1. The first-order valence-electron chi connectivity index (χ1n) is 9.74. The van der Waals surface area contributed by atoms with Gasteiger partial charge in [-0.2, -0.15) is 0 Å². The lowest BCUT2D eigenvalue weighted by atomic mass is 10.1. The SMILES string of the molecule is O=C(OC(C(=O)N1CCOCC1)c1ccccc1)c1ccc2c(c1)OCCCO2. The molecule has 1 atom stereocenters. The number of fused-ring (bicyclic) bond motifs is 1. The average molecular weight is 397 g/mol. The molecule has 0 bridgehead atoms. The maximum atomic E-state index is 13.1. The Morgan fingerprint density at radius 1 is 0.897 bits per heavy atom. The fraction of sp³-hybridized carbons (Fsp3) is 0.364. The molecule has 2 aliphatic rings. The van der Waals surface area contributed by atoms with Gasteiger partial charge in [-0.3, -0.25) is 4.79 Å². The third-order valence-electron chi connectivity index (χ3n) is 4.86. The van der Waals surface area contributed by atoms with Crippen molar-refractivity contribution in [2.45, 2.75) is 12.5 Å². The second-order valence-corrected chi connectivity index (χ2v) is 6.85. The highest BCUT2D eigenvalue weighted by Gasteiger charge is 2.31. The van der Waals surface area contributed by atoms with E-state index in [4.69, 9.17) is 18.9 Å². The van der Waals surface area contributed by atoms with Gasteiger partial charge in [-0.25, -0.2) is 4.79 Å². The summed E-state index contributed by atoms with van der Waals surface area (Å²) in [5, 5.41) is 0. The monoisotopic (exact) mass is 397 g/mol. The van der Waals surface area contributed by atoms with Gasteiger partial charge in [0.1, 0.15) is 0 Å². The maximum absolute atomic E-state index is 13.1. The second-order valence-electron chi connectivity index (χ2n) is 6.85. The predicted molar refractivity (Wildman–Crippen MR) is 104 cm³/mol. The van der Waals surface area contributed by atoms with Gasteiger partial charge in [0.2, 0.25) is 6.10 Å². The van der Waals surface area contributed by atoms with Crippen LogP contribution in [-0.2, 0) is 14.3 Å². The molecule has 2 aliphatic heterocycles. The van der Waals surface area contributed by atoms with Crippen LogP contribution in [0.25, 0.3) is 0 Å². The first-order chi connectivity index (χ1) is 14.2. The molecule has 1 saturated heterocycles. The highest BCUT2D eigenvalue weighted by atomic mass is 16.6. The standard InChI is InChI=1S/C22H23NO6/c24-21(23-9-13-26-14-10-23)20(16-5-2-1-3-6-16)29-22(25)17-7-8-18-19(15-17)28-12-4-11-27-18/h1-3,5-8,15,20H,4,9-14H2. The second kappa shape index (κ2) is 8.96. The lowest BCUT2D eigenvalue weighted by Crippen LogP contribution is -2.44. The molecule has 0 spiro atoms. The first kappa shape index (κ1) is 19.3. The highest BCUT2D eigenvalue weighted by molar-refractivity contribution is 5.93. The fourth-order valence-corrected chi connectivity index (χ4v) is 3.30. The highest BCUT2D eigenvalue weighted by Crippen LogP contribution is 2.31. The van der Waals surface area contributed by atoms with Crippen molar-refractivity contribution in [3.63, 3.8) is 0 Å². The Morgan fingerprint density at radius 3 is 2.38 bits per heavy atom. The van der Waals surface area contributed by atoms with E-state index < -0.39 is 12.1 Å². The minimum atomic E-state index is -1.02. The van der Waals surface area contributed by atoms with E-state index in [2.05, 4.69) is 0 Å². The van der Waals surface area contributed by atoms with Gasteiger partial charge in [-0.1, -0.05) is 30.3 Å². The van der Waals surface area contributed by atoms with Gasteiger partial charge in [0, 0.05) is 25.1 Å². The molecule has 29 heavy (non-hydrogen) atoms. The molecule has 0 N–H and O–H groups in total. The minimum Gasteiger partial charge on any atom is -0.490 e. The summed E-state index contributed by atoms with van der Waals surface area (Å²) in [7, 11) is 0. The summed E-state index contributed by atoms with van der Waals surface area (Å²) in [6.45, 7) is 2.99. The first-order valence-corrected chi connectivity index (χ1v) is 9.74. The van der Waals surface area contributed by atoms with E-state index >= 15 is 0 Å². The molecule has 2 aromatic carbocycles. The van der Waals surface area contributed by atoms with Gasteiger partial charge >= 0.3 is 5.97 Å². The van der Waals surface area contributed by atoms with Crippen LogP contribution in [0, 0.1) is 0 Å². The van der Waals surface area contributed by atoms with E-state index in [0.717, 1.165) is 6.42 Å². The molecule has 0 saturated carbocycles. The van der Waals surface area contributed by atoms with Gasteiger partial charge < -0.3 is 23.8 Å². The minimum absolute atomic E-state index is 0.248. The molecule has 1 fully saturated rings. The van der Waals surface area contributed by atoms with E-state index in [1.807, 2.05) is 18.2 Å². The Bertz CT molecular complexity index is 863. The van der Waals surface area contributed by atoms with E-state index in [9.17, 15) is 9.59 Å². The van der Waals surface area contributed by atoms with Crippen molar-refractivity contribution in [1.29, 1.82) is 0 Å². The number of benzene rings is 2. The largest absolute Gasteiger partial charge is 0.490 e. The number of rotatable bonds is 4. The van der Waals surface area contributed by atoms with Gasteiger partial charge in [-0.15, -0.1) is 0 Å². The number of esters is 1. The van der Waals surface area contributed by atoms with Crippen LogP contribution in [-0.4, -0.2) is 56.3 Å². The quantitative estimate of drug-likeness (QED) is 0.739. The molecule has 1 unspecified atom stereocenters. The summed E-state index contributed by atoms with van der Waals surface area (Å²) in [6.07, 6.45) is -0.240. The summed E-state index contributed by atoms with van der Waals surface area (Å²) in [6, 6.07) is 14.0. The lowest BCUT2D eigenvalue weighted by Gasteiger charge is -2.30. The Balaban J connectivity index is 1.56. The Morgan fingerprint density at radius 2 is 1.62 bits per heavy atom. The average Bonchev–Trinajstić information content (AvgIpc) is 3.03. The number of carbonyl (C=O) groups excluding carboxylic acids is 2. The summed E-state index contributed by atoms with van der Waals surface area (Å²) in [5.74, 6) is 0.272. The topological polar surface area (TPSA) is 74.3 Å². The van der Waals surface area contributed by atoms with Gasteiger partial charge in [-0.05, 0) is 18.2 Å². The number of carbonyl (C=O) groups is 2. The predicted octanol–water partition coefficient (Wildman–Crippen LogP) is 2.60. The zero-order valence-electron chi connectivity index (χ0n) is 16.0. The Hall–Kier alpha value is -3.06. The van der Waals surface area contributed by atoms with Crippen LogP contribution >= 0.6 is 0 Å². The van der Waals surface area contributed by atoms with Gasteiger partial charge in [0.05, 0.1) is 32.0 Å². The van der Waals surface area contributed by atoms with Crippen LogP contribution in [0.5, 0.6) is 11.5 Å². The van der Waals surface area contributed by atoms with Gasteiger partial charge in [0.15, 0.2) is 11.5 Å². The molecule has 0 radical (unpaired) electrons. The number of hydrogen-bond acceptors (Lipinski definition) is 6. The van der Waals surface area contributed by atoms with E-state index in [0.29, 0.717) is 62.1 Å². The third kappa shape index (κ3) is 4.51. The number of nitrogens with zero attached hydrogens (tertiary/aromatic N) is 1. The molecular formula is C22H23NO6. The van der Waals surface area contributed by atoms with Crippen LogP contribution in [0.15, 0.2) is 48.5 Å². The molecule has 1 amide bonds. The molecule has 2 heterocycles. The summed E-state index contributed by atoms with van der Waals surface area (Å²) >= 11 is 0. The van der Waals surface area contributed by atoms with Crippen LogP contribution in [0.1, 0.15) is 28.4 Å². The van der Waals surface area contributed by atoms with E-state index in [1.54, 1.807) is 35.2 Å². The normalized spacial score (nSPS) is 17.2. The maximum Gasteiger partial charge on any atom is 0.339 e. The smallest absolute Gasteiger partial charge is 0.339 e. The van der Waals surface area contributed by atoms with E-state index in [-0.39, 0.29) is 5.91 Å². The molecular weight excluding hydrogens is 374 g/mol. The zero-order valence-corrected chi connectivity index (χ0v) is 16.0. The van der Waals surface area contributed by atoms with Crippen molar-refractivity contribution in [3.05, 3.63) is 59.7 Å². The van der Waals surface area contributed by atoms with Crippen LogP contribution in [0.2, 0.25) is 0 Å². The molecule has 7 heteroatoms. The number of morpholine rings is 1. The fourth-order valence-electron chi connectivity index (χ4n) is 3.30. The summed E-state index contributed by atoms with van der Waals surface area (Å²) in [4.78, 5) is 27.6. The number of hydrogen-bond donors (Lipinski definition) is 0. The molecule has 4 rings (SSSR count). The van der Waals surface area contributed by atoms with Gasteiger partial charge in [0.25, 0.3) is 5.91 Å². The van der Waals surface area contributed by atoms with Crippen LogP contribution in [0.3, 0.4) is 0 Å². The molecule has 152 valence electrons. The van der Waals surface area contributed by atoms with Crippen molar-refractivity contribution in [2.75, 3.05) is 39.5 Å². The van der Waals surface area contributed by atoms with Crippen molar-refractivity contribution >= 4 is 11.9 Å². The van der Waals surface area contributed by atoms with Crippen molar-refractivity contribution in [3.8, 4) is 11.5 Å². The lowest BCUT2D eigenvalue weighted by molar-refractivity contribution is -0.145. The molecule has 2 aromatic rings. The summed E-state index contributed by atoms with van der Waals surface area (Å²) < 4.78 is 22.3. The molecule has 0 aliphatic carbocycles. The molecule has 7 nitrogen and oxygen atoms in total. The number of ether oxygens (including phenoxy) is 4. The zero-order chi connectivity index (χ0) is 20.1. The summed E-state index contributed by atoms with van der Waals surface area (Å²) in [5.41, 5.74) is 0.941. The van der Waals surface area contributed by atoms with Crippen LogP contribution in [0.4, 0.5) is 0 Å². The van der Waals surface area contributed by atoms with E-state index in [1.165, 1.54) is 0 Å². The third-order valence-corrected chi connectivity index (χ3v) is 4.86. The van der Waals surface area contributed by atoms with Crippen molar-refractivity contribution < 1.29 is 28.5 Å².